The molecule has 1 fully saturated rings. The van der Waals surface area contributed by atoms with Crippen LogP contribution in [0.2, 0.25) is 0 Å². The molecule has 184 valence electrons. The molecule has 1 aliphatic rings. The minimum Gasteiger partial charge on any atom is -0.387 e. The molecule has 0 aromatic heterocycles. The second-order valence-corrected chi connectivity index (χ2v) is 10.6. The summed E-state index contributed by atoms with van der Waals surface area (Å²) in [5, 5.41) is 15.6. The van der Waals surface area contributed by atoms with Gasteiger partial charge in [0.15, 0.2) is 0 Å². The zero-order valence-electron chi connectivity index (χ0n) is 19.3. The van der Waals surface area contributed by atoms with Crippen LogP contribution < -0.4 is 15.4 Å². The molecule has 0 unspecified atom stereocenters. The van der Waals surface area contributed by atoms with Crippen LogP contribution in [0.5, 0.6) is 0 Å². The SMILES string of the molecule is C[C@H](NC(=O)C1CCC(CNS(=O)(=O)c2ccccc2)CC1)C(=O)NC[C@H](O)c1ccccc1. The van der Waals surface area contributed by atoms with E-state index in [-0.39, 0.29) is 35.1 Å². The van der Waals surface area contributed by atoms with E-state index in [1.165, 1.54) is 0 Å². The quantitative estimate of drug-likeness (QED) is 0.409. The van der Waals surface area contributed by atoms with Crippen LogP contribution in [-0.2, 0) is 19.6 Å². The number of rotatable bonds is 10. The van der Waals surface area contributed by atoms with Crippen LogP contribution in [0.1, 0.15) is 44.3 Å². The Hall–Kier alpha value is -2.75. The summed E-state index contributed by atoms with van der Waals surface area (Å²) in [6.45, 7) is 2.02. The van der Waals surface area contributed by atoms with Crippen molar-refractivity contribution in [3.63, 3.8) is 0 Å². The molecule has 1 aliphatic carbocycles. The van der Waals surface area contributed by atoms with E-state index >= 15 is 0 Å². The summed E-state index contributed by atoms with van der Waals surface area (Å²) < 4.78 is 27.4. The number of amides is 2. The lowest BCUT2D eigenvalue weighted by molar-refractivity contribution is -0.131. The Labute approximate surface area is 201 Å². The third kappa shape index (κ3) is 7.38. The highest BCUT2D eigenvalue weighted by Gasteiger charge is 2.29. The van der Waals surface area contributed by atoms with E-state index in [2.05, 4.69) is 15.4 Å². The number of carbonyl (C=O) groups excluding carboxylic acids is 2. The van der Waals surface area contributed by atoms with E-state index in [9.17, 15) is 23.1 Å². The first-order valence-electron chi connectivity index (χ1n) is 11.6. The normalized spacial score (nSPS) is 20.2. The number of aliphatic hydroxyl groups excluding tert-OH is 1. The van der Waals surface area contributed by atoms with Crippen molar-refractivity contribution in [2.24, 2.45) is 11.8 Å². The van der Waals surface area contributed by atoms with Crippen LogP contribution in [0.3, 0.4) is 0 Å². The third-order valence-electron chi connectivity index (χ3n) is 6.24. The molecule has 0 heterocycles. The number of carbonyl (C=O) groups is 2. The molecule has 0 spiro atoms. The van der Waals surface area contributed by atoms with Crippen LogP contribution in [0.4, 0.5) is 0 Å². The van der Waals surface area contributed by atoms with E-state index in [4.69, 9.17) is 0 Å². The molecular weight excluding hydrogens is 454 g/mol. The summed E-state index contributed by atoms with van der Waals surface area (Å²) in [4.78, 5) is 25.2. The molecule has 1 saturated carbocycles. The number of hydrogen-bond acceptors (Lipinski definition) is 5. The molecule has 0 radical (unpaired) electrons. The molecule has 0 saturated heterocycles. The van der Waals surface area contributed by atoms with E-state index in [1.54, 1.807) is 49.4 Å². The molecule has 34 heavy (non-hydrogen) atoms. The Kier molecular flexibility index (Phi) is 9.20. The van der Waals surface area contributed by atoms with Gasteiger partial charge in [0.05, 0.1) is 11.0 Å². The molecule has 9 heteroatoms. The van der Waals surface area contributed by atoms with E-state index in [0.717, 1.165) is 12.8 Å². The summed E-state index contributed by atoms with van der Waals surface area (Å²) >= 11 is 0. The van der Waals surface area contributed by atoms with Gasteiger partial charge < -0.3 is 15.7 Å². The van der Waals surface area contributed by atoms with Gasteiger partial charge in [-0.05, 0) is 56.2 Å². The van der Waals surface area contributed by atoms with Gasteiger partial charge in [0, 0.05) is 19.0 Å². The zero-order valence-corrected chi connectivity index (χ0v) is 20.1. The van der Waals surface area contributed by atoms with Crippen molar-refractivity contribution in [3.8, 4) is 0 Å². The monoisotopic (exact) mass is 487 g/mol. The lowest BCUT2D eigenvalue weighted by atomic mass is 9.81. The first-order valence-corrected chi connectivity index (χ1v) is 13.1. The number of hydrogen-bond donors (Lipinski definition) is 4. The number of nitrogens with one attached hydrogen (secondary N) is 3. The fourth-order valence-electron chi connectivity index (χ4n) is 4.08. The Bertz CT molecular complexity index is 1040. The van der Waals surface area contributed by atoms with Gasteiger partial charge in [0.2, 0.25) is 21.8 Å². The molecule has 2 aromatic rings. The van der Waals surface area contributed by atoms with Gasteiger partial charge >= 0.3 is 0 Å². The van der Waals surface area contributed by atoms with Crippen molar-refractivity contribution in [1.29, 1.82) is 0 Å². The maximum Gasteiger partial charge on any atom is 0.242 e. The smallest absolute Gasteiger partial charge is 0.242 e. The van der Waals surface area contributed by atoms with Crippen LogP contribution in [0.25, 0.3) is 0 Å². The fraction of sp³-hybridized carbons (Fsp3) is 0.440. The van der Waals surface area contributed by atoms with Crippen molar-refractivity contribution in [3.05, 3.63) is 66.2 Å². The predicted molar refractivity (Wildman–Crippen MR) is 129 cm³/mol. The average molecular weight is 488 g/mol. The topological polar surface area (TPSA) is 125 Å². The second kappa shape index (κ2) is 12.1. The van der Waals surface area contributed by atoms with E-state index in [1.807, 2.05) is 18.2 Å². The summed E-state index contributed by atoms with van der Waals surface area (Å²) in [7, 11) is -3.54. The maximum absolute atomic E-state index is 12.6. The molecular formula is C25H33N3O5S. The average Bonchev–Trinajstić information content (AvgIpc) is 2.87. The minimum absolute atomic E-state index is 0.0626. The maximum atomic E-state index is 12.6. The first-order chi connectivity index (χ1) is 16.3. The molecule has 2 amide bonds. The van der Waals surface area contributed by atoms with Gasteiger partial charge in [-0.1, -0.05) is 48.5 Å². The predicted octanol–water partition coefficient (Wildman–Crippen LogP) is 2.13. The summed E-state index contributed by atoms with van der Waals surface area (Å²) in [6, 6.07) is 16.6. The molecule has 8 nitrogen and oxygen atoms in total. The van der Waals surface area contributed by atoms with E-state index in [0.29, 0.717) is 24.9 Å². The highest BCUT2D eigenvalue weighted by Crippen LogP contribution is 2.29. The van der Waals surface area contributed by atoms with E-state index < -0.39 is 22.2 Å². The van der Waals surface area contributed by atoms with Crippen LogP contribution in [-0.4, -0.2) is 44.5 Å². The van der Waals surface area contributed by atoms with Gasteiger partial charge in [0.1, 0.15) is 6.04 Å². The number of sulfonamides is 1. The first kappa shape index (κ1) is 25.9. The minimum atomic E-state index is -3.54. The fourth-order valence-corrected chi connectivity index (χ4v) is 5.22. The van der Waals surface area contributed by atoms with Crippen molar-refractivity contribution in [2.45, 2.75) is 49.6 Å². The summed E-state index contributed by atoms with van der Waals surface area (Å²) in [6.07, 6.45) is 1.94. The van der Waals surface area contributed by atoms with Crippen molar-refractivity contribution in [2.75, 3.05) is 13.1 Å². The zero-order chi connectivity index (χ0) is 24.6. The summed E-state index contributed by atoms with van der Waals surface area (Å²) in [5.74, 6) is -0.559. The Morgan fingerprint density at radius 3 is 2.18 bits per heavy atom. The lowest BCUT2D eigenvalue weighted by Crippen LogP contribution is -2.48. The Morgan fingerprint density at radius 2 is 1.56 bits per heavy atom. The Morgan fingerprint density at radius 1 is 0.971 bits per heavy atom. The van der Waals surface area contributed by atoms with Crippen LogP contribution >= 0.6 is 0 Å². The summed E-state index contributed by atoms with van der Waals surface area (Å²) in [5.41, 5.74) is 0.710. The molecule has 2 aromatic carbocycles. The van der Waals surface area contributed by atoms with Gasteiger partial charge in [-0.3, -0.25) is 9.59 Å². The van der Waals surface area contributed by atoms with Crippen molar-refractivity contribution >= 4 is 21.8 Å². The largest absolute Gasteiger partial charge is 0.387 e. The molecule has 0 bridgehead atoms. The number of aliphatic hydroxyl groups is 1. The molecule has 2 atom stereocenters. The van der Waals surface area contributed by atoms with Gasteiger partial charge in [-0.2, -0.15) is 0 Å². The standard InChI is InChI=1S/C25H33N3O5S/c1-18(24(30)26-17-23(29)20-8-4-2-5-9-20)28-25(31)21-14-12-19(13-15-21)16-27-34(32,33)22-10-6-3-7-11-22/h2-11,18-19,21,23,27,29H,12-17H2,1H3,(H,26,30)(H,28,31)/t18-,19?,21?,23-/m0/s1. The van der Waals surface area contributed by atoms with Crippen LogP contribution in [0.15, 0.2) is 65.6 Å². The van der Waals surface area contributed by atoms with Gasteiger partial charge in [0.25, 0.3) is 0 Å². The molecule has 3 rings (SSSR count). The second-order valence-electron chi connectivity index (χ2n) is 8.78. The van der Waals surface area contributed by atoms with Crippen molar-refractivity contribution in [1.82, 2.24) is 15.4 Å². The highest BCUT2D eigenvalue weighted by molar-refractivity contribution is 7.89. The third-order valence-corrected chi connectivity index (χ3v) is 7.68. The van der Waals surface area contributed by atoms with Gasteiger partial charge in [-0.15, -0.1) is 0 Å². The lowest BCUT2D eigenvalue weighted by Gasteiger charge is -2.28. The van der Waals surface area contributed by atoms with Crippen molar-refractivity contribution < 1.29 is 23.1 Å². The molecule has 0 aliphatic heterocycles. The van der Waals surface area contributed by atoms with Crippen LogP contribution in [0, 0.1) is 11.8 Å². The Balaban J connectivity index is 1.38. The van der Waals surface area contributed by atoms with Gasteiger partial charge in [-0.25, -0.2) is 13.1 Å². The molecule has 4 N–H and O–H groups in total. The number of benzene rings is 2. The highest BCUT2D eigenvalue weighted by atomic mass is 32.2.